The lowest BCUT2D eigenvalue weighted by Crippen LogP contribution is -2.74. The van der Waals surface area contributed by atoms with Crippen molar-refractivity contribution in [2.45, 2.75) is 0 Å². The molecule has 9 aromatic carbocycles. The van der Waals surface area contributed by atoms with E-state index in [2.05, 4.69) is 228 Å². The van der Waals surface area contributed by atoms with Gasteiger partial charge < -0.3 is 13.6 Å². The quantitative estimate of drug-likeness (QED) is 0.122. The third-order valence-electron chi connectivity index (χ3n) is 12.3. The maximum atomic E-state index is 7.05. The number of rotatable bonds is 6. The molecule has 0 fully saturated rings. The van der Waals surface area contributed by atoms with Crippen LogP contribution in [0.4, 0.5) is 0 Å². The number of para-hydroxylation sites is 4. The van der Waals surface area contributed by atoms with E-state index in [4.69, 9.17) is 4.42 Å². The maximum Gasteiger partial charge on any atom is 0.184 e. The SMILES string of the molecule is c1ccc([Si](c2ccccc2)(c2ccccc2)c2cccc3c2oc2ccc(-n4c5ccccc5c5cc(-n6c7ccccc7c7ccccc76)ccc54)cc23)cc1. The Kier molecular flexibility index (Phi) is 7.25. The monoisotopic (exact) mass is 756 g/mol. The highest BCUT2D eigenvalue weighted by atomic mass is 28.3. The minimum absolute atomic E-state index is 0.887. The molecule has 0 saturated carbocycles. The van der Waals surface area contributed by atoms with Crippen LogP contribution in [0.25, 0.3) is 76.9 Å². The molecule has 0 bridgehead atoms. The van der Waals surface area contributed by atoms with Crippen LogP contribution in [0.2, 0.25) is 0 Å². The van der Waals surface area contributed by atoms with Crippen molar-refractivity contribution in [3.05, 3.63) is 218 Å². The molecular formula is C54H36N2OSi. The van der Waals surface area contributed by atoms with Gasteiger partial charge in [-0.15, -0.1) is 0 Å². The first-order chi connectivity index (χ1) is 28.8. The van der Waals surface area contributed by atoms with Gasteiger partial charge in [-0.05, 0) is 75.3 Å². The van der Waals surface area contributed by atoms with Gasteiger partial charge in [0, 0.05) is 43.7 Å². The van der Waals surface area contributed by atoms with Crippen LogP contribution in [-0.4, -0.2) is 17.2 Å². The molecule has 0 aliphatic heterocycles. The van der Waals surface area contributed by atoms with E-state index < -0.39 is 8.07 Å². The molecule has 3 nitrogen and oxygen atoms in total. The fraction of sp³-hybridized carbons (Fsp3) is 0. The molecule has 0 amide bonds. The van der Waals surface area contributed by atoms with E-state index in [1.165, 1.54) is 64.4 Å². The normalized spacial score (nSPS) is 12.1. The molecule has 0 radical (unpaired) electrons. The fourth-order valence-electron chi connectivity index (χ4n) is 9.83. The van der Waals surface area contributed by atoms with Gasteiger partial charge in [0.05, 0.1) is 22.1 Å². The van der Waals surface area contributed by atoms with Gasteiger partial charge in [-0.3, -0.25) is 0 Å². The lowest BCUT2D eigenvalue weighted by molar-refractivity contribution is 0.671. The van der Waals surface area contributed by atoms with Crippen LogP contribution in [-0.2, 0) is 0 Å². The predicted octanol–water partition coefficient (Wildman–Crippen LogP) is 11.2. The minimum atomic E-state index is -2.83. The zero-order valence-electron chi connectivity index (χ0n) is 31.6. The second kappa shape index (κ2) is 12.8. The van der Waals surface area contributed by atoms with Crippen LogP contribution in [0.1, 0.15) is 0 Å². The summed E-state index contributed by atoms with van der Waals surface area (Å²) in [4.78, 5) is 0. The van der Waals surface area contributed by atoms with Crippen LogP contribution < -0.4 is 20.7 Å². The number of furan rings is 1. The summed E-state index contributed by atoms with van der Waals surface area (Å²) in [5, 5.41) is 12.4. The standard InChI is InChI=1S/C54H36N2OSi/c1-4-17-39(18-5-1)58(40-19-6-2-7-20-40,41-21-8-3-9-22-41)53-30-16-26-45-47-36-38(32-34-52(47)57-54(45)53)56-50-29-15-12-25-44(50)46-35-37(31-33-51(46)56)55-48-27-13-10-23-42(48)43-24-11-14-28-49(43)55/h1-36H. The Hall–Kier alpha value is -7.40. The Balaban J connectivity index is 1.09. The Morgan fingerprint density at radius 2 is 0.724 bits per heavy atom. The van der Waals surface area contributed by atoms with Gasteiger partial charge in [0.2, 0.25) is 0 Å². The molecule has 0 atom stereocenters. The smallest absolute Gasteiger partial charge is 0.184 e. The summed E-state index contributed by atoms with van der Waals surface area (Å²) >= 11 is 0. The molecule has 0 aliphatic rings. The zero-order chi connectivity index (χ0) is 38.2. The largest absolute Gasteiger partial charge is 0.456 e. The number of benzene rings is 9. The average molecular weight is 757 g/mol. The Bertz CT molecular complexity index is 3360. The van der Waals surface area contributed by atoms with Crippen molar-refractivity contribution in [2.24, 2.45) is 0 Å². The van der Waals surface area contributed by atoms with Crippen molar-refractivity contribution < 1.29 is 4.42 Å². The highest BCUT2D eigenvalue weighted by molar-refractivity contribution is 7.20. The third kappa shape index (κ3) is 4.67. The second-order valence-electron chi connectivity index (χ2n) is 15.2. The van der Waals surface area contributed by atoms with Gasteiger partial charge in [0.15, 0.2) is 8.07 Å². The first-order valence-corrected chi connectivity index (χ1v) is 21.9. The molecule has 0 spiro atoms. The molecule has 3 aromatic heterocycles. The molecular weight excluding hydrogens is 721 g/mol. The third-order valence-corrected chi connectivity index (χ3v) is 17.1. The van der Waals surface area contributed by atoms with Gasteiger partial charge in [-0.1, -0.05) is 164 Å². The Morgan fingerprint density at radius 3 is 1.26 bits per heavy atom. The summed E-state index contributed by atoms with van der Waals surface area (Å²) < 4.78 is 11.9. The van der Waals surface area contributed by atoms with Crippen molar-refractivity contribution in [3.8, 4) is 11.4 Å². The van der Waals surface area contributed by atoms with Crippen LogP contribution >= 0.6 is 0 Å². The molecule has 0 aliphatic carbocycles. The Morgan fingerprint density at radius 1 is 0.310 bits per heavy atom. The van der Waals surface area contributed by atoms with E-state index in [-0.39, 0.29) is 0 Å². The highest BCUT2D eigenvalue weighted by Crippen LogP contribution is 2.38. The molecule has 3 heterocycles. The van der Waals surface area contributed by atoms with E-state index in [1.54, 1.807) is 0 Å². The van der Waals surface area contributed by atoms with Crippen molar-refractivity contribution >= 4 is 94.4 Å². The summed E-state index contributed by atoms with van der Waals surface area (Å²) in [6.45, 7) is 0. The molecule has 4 heteroatoms. The number of aromatic nitrogens is 2. The fourth-order valence-corrected chi connectivity index (χ4v) is 14.7. The zero-order valence-corrected chi connectivity index (χ0v) is 32.6. The number of hydrogen-bond donors (Lipinski definition) is 0. The van der Waals surface area contributed by atoms with Crippen molar-refractivity contribution in [2.75, 3.05) is 0 Å². The molecule has 12 aromatic rings. The topological polar surface area (TPSA) is 23.0 Å². The summed E-state index contributed by atoms with van der Waals surface area (Å²) in [5.74, 6) is 0. The molecule has 0 saturated heterocycles. The van der Waals surface area contributed by atoms with E-state index >= 15 is 0 Å². The highest BCUT2D eigenvalue weighted by Gasteiger charge is 2.43. The van der Waals surface area contributed by atoms with Crippen LogP contribution in [0.5, 0.6) is 0 Å². The van der Waals surface area contributed by atoms with E-state index in [1.807, 2.05) is 0 Å². The second-order valence-corrected chi connectivity index (χ2v) is 19.0. The van der Waals surface area contributed by atoms with Crippen LogP contribution in [0.3, 0.4) is 0 Å². The van der Waals surface area contributed by atoms with Crippen molar-refractivity contribution in [1.82, 2.24) is 9.13 Å². The first-order valence-electron chi connectivity index (χ1n) is 19.9. The van der Waals surface area contributed by atoms with Gasteiger partial charge in [0.25, 0.3) is 0 Å². The summed E-state index contributed by atoms with van der Waals surface area (Å²) in [6.07, 6.45) is 0. The lowest BCUT2D eigenvalue weighted by Gasteiger charge is -2.34. The lowest BCUT2D eigenvalue weighted by atomic mass is 10.1. The predicted molar refractivity (Wildman–Crippen MR) is 246 cm³/mol. The van der Waals surface area contributed by atoms with Gasteiger partial charge in [-0.2, -0.15) is 0 Å². The van der Waals surface area contributed by atoms with Crippen molar-refractivity contribution in [3.63, 3.8) is 0 Å². The van der Waals surface area contributed by atoms with E-state index in [0.717, 1.165) is 33.3 Å². The van der Waals surface area contributed by atoms with Gasteiger partial charge in [-0.25, -0.2) is 0 Å². The summed E-state index contributed by atoms with van der Waals surface area (Å²) in [6, 6.07) is 79.8. The van der Waals surface area contributed by atoms with Crippen LogP contribution in [0.15, 0.2) is 223 Å². The maximum absolute atomic E-state index is 7.05. The Labute approximate surface area is 336 Å². The number of nitrogens with zero attached hydrogens (tertiary/aromatic N) is 2. The first kappa shape index (κ1) is 32.8. The molecule has 0 N–H and O–H groups in total. The van der Waals surface area contributed by atoms with Gasteiger partial charge in [0.1, 0.15) is 11.2 Å². The number of hydrogen-bond acceptors (Lipinski definition) is 1. The average Bonchev–Trinajstić information content (AvgIpc) is 3.95. The molecule has 272 valence electrons. The molecule has 58 heavy (non-hydrogen) atoms. The summed E-state index contributed by atoms with van der Waals surface area (Å²) in [5.41, 5.74) is 8.86. The summed E-state index contributed by atoms with van der Waals surface area (Å²) in [7, 11) is -2.83. The number of fused-ring (bicyclic) bond motifs is 9. The minimum Gasteiger partial charge on any atom is -0.456 e. The van der Waals surface area contributed by atoms with Gasteiger partial charge >= 0.3 is 0 Å². The van der Waals surface area contributed by atoms with E-state index in [0.29, 0.717) is 0 Å². The molecule has 12 rings (SSSR count). The van der Waals surface area contributed by atoms with Crippen molar-refractivity contribution in [1.29, 1.82) is 0 Å². The van der Waals surface area contributed by atoms with Crippen LogP contribution in [0, 0.1) is 0 Å². The molecule has 0 unspecified atom stereocenters. The van der Waals surface area contributed by atoms with E-state index in [9.17, 15) is 0 Å².